The van der Waals surface area contributed by atoms with Crippen LogP contribution >= 0.6 is 15.9 Å². The van der Waals surface area contributed by atoms with Crippen LogP contribution in [0.5, 0.6) is 5.75 Å². The van der Waals surface area contributed by atoms with Gasteiger partial charge >= 0.3 is 0 Å². The first-order valence-electron chi connectivity index (χ1n) is 7.88. The van der Waals surface area contributed by atoms with Crippen LogP contribution in [0, 0.1) is 5.92 Å². The molecule has 21 heavy (non-hydrogen) atoms. The Labute approximate surface area is 136 Å². The summed E-state index contributed by atoms with van der Waals surface area (Å²) in [5, 5.41) is 3.71. The van der Waals surface area contributed by atoms with Gasteiger partial charge in [-0.05, 0) is 61.9 Å². The lowest BCUT2D eigenvalue weighted by atomic mass is 9.89. The number of halogens is 1. The van der Waals surface area contributed by atoms with E-state index in [1.54, 1.807) is 7.11 Å². The Morgan fingerprint density at radius 1 is 1.48 bits per heavy atom. The maximum atomic E-state index is 5.68. The van der Waals surface area contributed by atoms with Crippen molar-refractivity contribution in [3.63, 3.8) is 0 Å². The average Bonchev–Trinajstić information content (AvgIpc) is 2.54. The van der Waals surface area contributed by atoms with Gasteiger partial charge in [0, 0.05) is 17.1 Å². The van der Waals surface area contributed by atoms with Gasteiger partial charge in [-0.2, -0.15) is 0 Å². The lowest BCUT2D eigenvalue weighted by molar-refractivity contribution is 0.0393. The topological polar surface area (TPSA) is 30.5 Å². The van der Waals surface area contributed by atoms with Crippen LogP contribution in [0.4, 0.5) is 0 Å². The SMILES string of the molecule is CCCNC(Cc1cc(OC)ccc1Br)C1CCCOC1. The number of ether oxygens (including phenoxy) is 2. The van der Waals surface area contributed by atoms with Crippen LogP contribution < -0.4 is 10.1 Å². The summed E-state index contributed by atoms with van der Waals surface area (Å²) in [6.07, 6.45) is 4.59. The highest BCUT2D eigenvalue weighted by molar-refractivity contribution is 9.10. The van der Waals surface area contributed by atoms with E-state index in [1.807, 2.05) is 6.07 Å². The Hall–Kier alpha value is -0.580. The molecule has 1 heterocycles. The summed E-state index contributed by atoms with van der Waals surface area (Å²) in [5.41, 5.74) is 1.30. The van der Waals surface area contributed by atoms with Gasteiger partial charge in [0.2, 0.25) is 0 Å². The Bertz CT molecular complexity index is 433. The van der Waals surface area contributed by atoms with Crippen LogP contribution in [0.15, 0.2) is 22.7 Å². The Kier molecular flexibility index (Phi) is 7.00. The first kappa shape index (κ1) is 16.8. The van der Waals surface area contributed by atoms with Gasteiger partial charge in [-0.1, -0.05) is 22.9 Å². The largest absolute Gasteiger partial charge is 0.497 e. The van der Waals surface area contributed by atoms with Gasteiger partial charge in [-0.25, -0.2) is 0 Å². The third kappa shape index (κ3) is 4.97. The average molecular weight is 356 g/mol. The smallest absolute Gasteiger partial charge is 0.119 e. The molecule has 118 valence electrons. The zero-order valence-electron chi connectivity index (χ0n) is 13.0. The molecule has 0 amide bonds. The minimum Gasteiger partial charge on any atom is -0.497 e. The summed E-state index contributed by atoms with van der Waals surface area (Å²) in [7, 11) is 1.72. The van der Waals surface area contributed by atoms with Crippen molar-refractivity contribution in [3.05, 3.63) is 28.2 Å². The first-order valence-corrected chi connectivity index (χ1v) is 8.67. The second-order valence-electron chi connectivity index (χ2n) is 5.70. The Morgan fingerprint density at radius 2 is 2.33 bits per heavy atom. The molecule has 4 heteroatoms. The number of nitrogens with one attached hydrogen (secondary N) is 1. The highest BCUT2D eigenvalue weighted by Gasteiger charge is 2.24. The van der Waals surface area contributed by atoms with E-state index in [0.717, 1.165) is 42.8 Å². The number of rotatable bonds is 7. The quantitative estimate of drug-likeness (QED) is 0.806. The molecule has 1 N–H and O–H groups in total. The number of methoxy groups -OCH3 is 1. The molecule has 0 radical (unpaired) electrons. The van der Waals surface area contributed by atoms with Crippen LogP contribution in [0.3, 0.4) is 0 Å². The lowest BCUT2D eigenvalue weighted by Crippen LogP contribution is -2.42. The molecule has 0 bridgehead atoms. The van der Waals surface area contributed by atoms with E-state index in [2.05, 4.69) is 40.3 Å². The minimum absolute atomic E-state index is 0.466. The van der Waals surface area contributed by atoms with Crippen LogP contribution in [0.2, 0.25) is 0 Å². The minimum atomic E-state index is 0.466. The molecule has 1 fully saturated rings. The van der Waals surface area contributed by atoms with E-state index in [4.69, 9.17) is 9.47 Å². The zero-order chi connectivity index (χ0) is 15.1. The predicted molar refractivity (Wildman–Crippen MR) is 90.0 cm³/mol. The van der Waals surface area contributed by atoms with E-state index in [1.165, 1.54) is 18.4 Å². The van der Waals surface area contributed by atoms with E-state index in [0.29, 0.717) is 12.0 Å². The molecule has 2 unspecified atom stereocenters. The molecule has 1 aromatic rings. The molecule has 1 aliphatic heterocycles. The maximum Gasteiger partial charge on any atom is 0.119 e. The predicted octanol–water partition coefficient (Wildman–Crippen LogP) is 3.80. The third-order valence-electron chi connectivity index (χ3n) is 4.11. The molecule has 3 nitrogen and oxygen atoms in total. The molecule has 2 atom stereocenters. The molecular weight excluding hydrogens is 330 g/mol. The van der Waals surface area contributed by atoms with Gasteiger partial charge in [0.05, 0.1) is 13.7 Å². The number of hydrogen-bond acceptors (Lipinski definition) is 3. The number of hydrogen-bond donors (Lipinski definition) is 1. The Morgan fingerprint density at radius 3 is 3.00 bits per heavy atom. The van der Waals surface area contributed by atoms with Crippen molar-refractivity contribution in [2.24, 2.45) is 5.92 Å². The second kappa shape index (κ2) is 8.76. The van der Waals surface area contributed by atoms with E-state index in [-0.39, 0.29) is 0 Å². The summed E-state index contributed by atoms with van der Waals surface area (Å²) in [6.45, 7) is 5.06. The standard InChI is InChI=1S/C17H26BrNO2/c1-3-8-19-17(13-5-4-9-21-12-13)11-14-10-15(20-2)6-7-16(14)18/h6-7,10,13,17,19H,3-5,8-9,11-12H2,1-2H3. The van der Waals surface area contributed by atoms with Crippen LogP contribution in [0.1, 0.15) is 31.7 Å². The van der Waals surface area contributed by atoms with Crippen molar-refractivity contribution in [2.45, 2.75) is 38.6 Å². The summed E-state index contributed by atoms with van der Waals surface area (Å²) >= 11 is 3.67. The van der Waals surface area contributed by atoms with E-state index >= 15 is 0 Å². The van der Waals surface area contributed by atoms with Gasteiger partial charge in [0.1, 0.15) is 5.75 Å². The van der Waals surface area contributed by atoms with Gasteiger partial charge in [0.25, 0.3) is 0 Å². The van der Waals surface area contributed by atoms with Gasteiger partial charge in [0.15, 0.2) is 0 Å². The van der Waals surface area contributed by atoms with Gasteiger partial charge in [-0.3, -0.25) is 0 Å². The molecule has 1 saturated heterocycles. The normalized spacial score (nSPS) is 20.2. The van der Waals surface area contributed by atoms with Crippen molar-refractivity contribution in [2.75, 3.05) is 26.9 Å². The third-order valence-corrected chi connectivity index (χ3v) is 4.89. The summed E-state index contributed by atoms with van der Waals surface area (Å²) in [5.74, 6) is 1.52. The fourth-order valence-electron chi connectivity index (χ4n) is 2.89. The fourth-order valence-corrected chi connectivity index (χ4v) is 3.30. The molecule has 0 aromatic heterocycles. The highest BCUT2D eigenvalue weighted by atomic mass is 79.9. The molecule has 0 spiro atoms. The zero-order valence-corrected chi connectivity index (χ0v) is 14.6. The summed E-state index contributed by atoms with van der Waals surface area (Å²) in [6, 6.07) is 6.66. The maximum absolute atomic E-state index is 5.68. The highest BCUT2D eigenvalue weighted by Crippen LogP contribution is 2.27. The van der Waals surface area contributed by atoms with Crippen molar-refractivity contribution in [1.29, 1.82) is 0 Å². The Balaban J connectivity index is 2.09. The van der Waals surface area contributed by atoms with Crippen LogP contribution in [-0.2, 0) is 11.2 Å². The van der Waals surface area contributed by atoms with Crippen molar-refractivity contribution >= 4 is 15.9 Å². The summed E-state index contributed by atoms with van der Waals surface area (Å²) < 4.78 is 12.2. The van der Waals surface area contributed by atoms with Gasteiger partial charge < -0.3 is 14.8 Å². The van der Waals surface area contributed by atoms with Crippen molar-refractivity contribution < 1.29 is 9.47 Å². The molecule has 1 aliphatic rings. The van der Waals surface area contributed by atoms with Crippen LogP contribution in [-0.4, -0.2) is 32.9 Å². The van der Waals surface area contributed by atoms with Gasteiger partial charge in [-0.15, -0.1) is 0 Å². The molecular formula is C17H26BrNO2. The van der Waals surface area contributed by atoms with Crippen molar-refractivity contribution in [1.82, 2.24) is 5.32 Å². The number of benzene rings is 1. The first-order chi connectivity index (χ1) is 10.2. The monoisotopic (exact) mass is 355 g/mol. The van der Waals surface area contributed by atoms with Crippen molar-refractivity contribution in [3.8, 4) is 5.75 Å². The summed E-state index contributed by atoms with van der Waals surface area (Å²) in [4.78, 5) is 0. The molecule has 0 saturated carbocycles. The van der Waals surface area contributed by atoms with Crippen LogP contribution in [0.25, 0.3) is 0 Å². The lowest BCUT2D eigenvalue weighted by Gasteiger charge is -2.31. The second-order valence-corrected chi connectivity index (χ2v) is 6.55. The molecule has 0 aliphatic carbocycles. The van der Waals surface area contributed by atoms with E-state index < -0.39 is 0 Å². The molecule has 1 aromatic carbocycles. The molecule has 2 rings (SSSR count). The van der Waals surface area contributed by atoms with E-state index in [9.17, 15) is 0 Å². The fraction of sp³-hybridized carbons (Fsp3) is 0.647.